The van der Waals surface area contributed by atoms with Crippen molar-refractivity contribution in [1.82, 2.24) is 0 Å². The van der Waals surface area contributed by atoms with Crippen LogP contribution in [0.4, 0.5) is 17.1 Å². The molecule has 146 valence electrons. The molecule has 1 atom stereocenters. The molecule has 0 aromatic heterocycles. The number of nitrogens with one attached hydrogen (secondary N) is 2. The lowest BCUT2D eigenvalue weighted by Gasteiger charge is -2.22. The third-order valence-corrected chi connectivity index (χ3v) is 5.37. The fraction of sp³-hybridized carbons (Fsp3) is 0.136. The number of amides is 1. The molecular formula is C22H17ClN2O4. The standard InChI is InChI=1S/C22H17ClN2O4/c23-14-2-4-15(5-3-14)24-16-6-7-18-17(10-16)22(27,21(26)25-18)11-13-1-8-19-20(9-13)29-12-28-19/h1-10,24,27H,11-12H2,(H,25,26). The Morgan fingerprint density at radius 1 is 1.00 bits per heavy atom. The van der Waals surface area contributed by atoms with Crippen molar-refractivity contribution in [3.63, 3.8) is 0 Å². The maximum absolute atomic E-state index is 12.6. The zero-order valence-corrected chi connectivity index (χ0v) is 16.0. The molecule has 1 amide bonds. The van der Waals surface area contributed by atoms with Crippen molar-refractivity contribution in [1.29, 1.82) is 0 Å². The van der Waals surface area contributed by atoms with E-state index in [1.54, 1.807) is 36.4 Å². The van der Waals surface area contributed by atoms with E-state index in [2.05, 4.69) is 10.6 Å². The van der Waals surface area contributed by atoms with Gasteiger partial charge in [0, 0.05) is 34.1 Å². The van der Waals surface area contributed by atoms with E-state index in [1.807, 2.05) is 24.3 Å². The fourth-order valence-corrected chi connectivity index (χ4v) is 3.77. The number of fused-ring (bicyclic) bond motifs is 2. The van der Waals surface area contributed by atoms with Crippen LogP contribution in [0.2, 0.25) is 5.02 Å². The van der Waals surface area contributed by atoms with Gasteiger partial charge in [0.05, 0.1) is 0 Å². The summed E-state index contributed by atoms with van der Waals surface area (Å²) in [6.45, 7) is 0.173. The summed E-state index contributed by atoms with van der Waals surface area (Å²) in [5.74, 6) is 0.822. The molecule has 0 spiro atoms. The van der Waals surface area contributed by atoms with Gasteiger partial charge in [-0.25, -0.2) is 0 Å². The van der Waals surface area contributed by atoms with Crippen LogP contribution in [0, 0.1) is 0 Å². The number of carbonyl (C=O) groups excluding carboxylic acids is 1. The third-order valence-electron chi connectivity index (χ3n) is 5.12. The van der Waals surface area contributed by atoms with Crippen molar-refractivity contribution < 1.29 is 19.4 Å². The second kappa shape index (κ2) is 6.69. The minimum atomic E-state index is -1.68. The summed E-state index contributed by atoms with van der Waals surface area (Å²) in [5.41, 5.74) is 1.83. The second-order valence-electron chi connectivity index (χ2n) is 7.07. The Morgan fingerprint density at radius 3 is 2.59 bits per heavy atom. The van der Waals surface area contributed by atoms with Gasteiger partial charge in [0.1, 0.15) is 0 Å². The molecule has 0 saturated carbocycles. The van der Waals surface area contributed by atoms with Gasteiger partial charge in [-0.05, 0) is 60.2 Å². The quantitative estimate of drug-likeness (QED) is 0.603. The van der Waals surface area contributed by atoms with E-state index >= 15 is 0 Å². The number of anilines is 3. The normalized spacial score (nSPS) is 19.0. The number of hydrogen-bond donors (Lipinski definition) is 3. The zero-order chi connectivity index (χ0) is 20.0. The Bertz CT molecular complexity index is 1120. The molecule has 7 heteroatoms. The molecule has 3 aromatic carbocycles. The molecular weight excluding hydrogens is 392 g/mol. The summed E-state index contributed by atoms with van der Waals surface area (Å²) in [6.07, 6.45) is 0.118. The number of hydrogen-bond acceptors (Lipinski definition) is 5. The van der Waals surface area contributed by atoms with Gasteiger partial charge in [-0.2, -0.15) is 0 Å². The minimum Gasteiger partial charge on any atom is -0.454 e. The summed E-state index contributed by atoms with van der Waals surface area (Å²) in [4.78, 5) is 12.6. The summed E-state index contributed by atoms with van der Waals surface area (Å²) < 4.78 is 10.7. The fourth-order valence-electron chi connectivity index (χ4n) is 3.64. The first-order chi connectivity index (χ1) is 14.0. The van der Waals surface area contributed by atoms with Crippen molar-refractivity contribution >= 4 is 34.6 Å². The van der Waals surface area contributed by atoms with Gasteiger partial charge < -0.3 is 25.2 Å². The highest BCUT2D eigenvalue weighted by atomic mass is 35.5. The Kier molecular flexibility index (Phi) is 4.12. The molecule has 2 aliphatic rings. The molecule has 29 heavy (non-hydrogen) atoms. The summed E-state index contributed by atoms with van der Waals surface area (Å²) >= 11 is 5.93. The van der Waals surface area contributed by atoms with E-state index in [-0.39, 0.29) is 13.2 Å². The monoisotopic (exact) mass is 408 g/mol. The smallest absolute Gasteiger partial charge is 0.261 e. The minimum absolute atomic E-state index is 0.118. The van der Waals surface area contributed by atoms with Crippen LogP contribution in [0.3, 0.4) is 0 Å². The van der Waals surface area contributed by atoms with Gasteiger partial charge in [0.2, 0.25) is 6.79 Å². The zero-order valence-electron chi connectivity index (χ0n) is 15.2. The van der Waals surface area contributed by atoms with Crippen molar-refractivity contribution in [2.75, 3.05) is 17.4 Å². The van der Waals surface area contributed by atoms with Crippen LogP contribution in [-0.2, 0) is 16.8 Å². The summed E-state index contributed by atoms with van der Waals surface area (Å²) in [6, 6.07) is 18.1. The second-order valence-corrected chi connectivity index (χ2v) is 7.51. The molecule has 2 heterocycles. The lowest BCUT2D eigenvalue weighted by Crippen LogP contribution is -2.36. The number of ether oxygens (including phenoxy) is 2. The van der Waals surface area contributed by atoms with E-state index in [4.69, 9.17) is 21.1 Å². The molecule has 5 rings (SSSR count). The Labute approximate surface area is 172 Å². The van der Waals surface area contributed by atoms with Crippen LogP contribution >= 0.6 is 11.6 Å². The van der Waals surface area contributed by atoms with Crippen LogP contribution in [0.5, 0.6) is 11.5 Å². The molecule has 0 saturated heterocycles. The molecule has 0 aliphatic carbocycles. The number of carbonyl (C=O) groups is 1. The van der Waals surface area contributed by atoms with E-state index in [1.165, 1.54) is 0 Å². The van der Waals surface area contributed by atoms with Gasteiger partial charge in [-0.1, -0.05) is 17.7 Å². The first-order valence-corrected chi connectivity index (χ1v) is 9.48. The Balaban J connectivity index is 1.46. The summed E-state index contributed by atoms with van der Waals surface area (Å²) in [7, 11) is 0. The van der Waals surface area contributed by atoms with Crippen LogP contribution in [0.1, 0.15) is 11.1 Å². The Morgan fingerprint density at radius 2 is 1.76 bits per heavy atom. The van der Waals surface area contributed by atoms with Gasteiger partial charge in [0.25, 0.3) is 5.91 Å². The van der Waals surface area contributed by atoms with Crippen LogP contribution in [-0.4, -0.2) is 17.8 Å². The van der Waals surface area contributed by atoms with E-state index in [0.29, 0.717) is 27.8 Å². The van der Waals surface area contributed by atoms with Gasteiger partial charge in [-0.3, -0.25) is 4.79 Å². The van der Waals surface area contributed by atoms with Crippen LogP contribution in [0.15, 0.2) is 60.7 Å². The average molecular weight is 409 g/mol. The van der Waals surface area contributed by atoms with Gasteiger partial charge >= 0.3 is 0 Å². The van der Waals surface area contributed by atoms with E-state index in [0.717, 1.165) is 16.9 Å². The van der Waals surface area contributed by atoms with Gasteiger partial charge in [-0.15, -0.1) is 0 Å². The molecule has 0 fully saturated rings. The number of rotatable bonds is 4. The maximum Gasteiger partial charge on any atom is 0.261 e. The highest BCUT2D eigenvalue weighted by molar-refractivity contribution is 6.30. The topological polar surface area (TPSA) is 79.8 Å². The largest absolute Gasteiger partial charge is 0.454 e. The first-order valence-electron chi connectivity index (χ1n) is 9.11. The lowest BCUT2D eigenvalue weighted by atomic mass is 9.88. The molecule has 6 nitrogen and oxygen atoms in total. The van der Waals surface area contributed by atoms with Gasteiger partial charge in [0.15, 0.2) is 17.1 Å². The van der Waals surface area contributed by atoms with Crippen molar-refractivity contribution in [3.05, 3.63) is 76.8 Å². The van der Waals surface area contributed by atoms with Crippen molar-refractivity contribution in [3.8, 4) is 11.5 Å². The Hall–Kier alpha value is -3.22. The maximum atomic E-state index is 12.6. The van der Waals surface area contributed by atoms with Crippen LogP contribution < -0.4 is 20.1 Å². The van der Waals surface area contributed by atoms with Crippen LogP contribution in [0.25, 0.3) is 0 Å². The number of halogens is 1. The molecule has 2 aliphatic heterocycles. The van der Waals surface area contributed by atoms with E-state index < -0.39 is 11.5 Å². The highest BCUT2D eigenvalue weighted by Gasteiger charge is 2.45. The summed E-state index contributed by atoms with van der Waals surface area (Å²) in [5, 5.41) is 18.0. The molecule has 0 bridgehead atoms. The first kappa shape index (κ1) is 17.8. The number of aliphatic hydroxyl groups is 1. The average Bonchev–Trinajstić information content (AvgIpc) is 3.27. The van der Waals surface area contributed by atoms with Crippen molar-refractivity contribution in [2.45, 2.75) is 12.0 Å². The molecule has 1 unspecified atom stereocenters. The van der Waals surface area contributed by atoms with Crippen molar-refractivity contribution in [2.24, 2.45) is 0 Å². The number of benzene rings is 3. The van der Waals surface area contributed by atoms with E-state index in [9.17, 15) is 9.90 Å². The highest BCUT2D eigenvalue weighted by Crippen LogP contribution is 2.41. The predicted octanol–water partition coefficient (Wildman–Crippen LogP) is 4.19. The predicted molar refractivity (Wildman–Crippen MR) is 110 cm³/mol. The molecule has 3 aromatic rings. The third kappa shape index (κ3) is 3.16. The molecule has 0 radical (unpaired) electrons. The SMILES string of the molecule is O=C1Nc2ccc(Nc3ccc(Cl)cc3)cc2C1(O)Cc1ccc2c(c1)OCO2. The lowest BCUT2D eigenvalue weighted by molar-refractivity contribution is -0.133. The molecule has 3 N–H and O–H groups in total.